The predicted octanol–water partition coefficient (Wildman–Crippen LogP) is 0.840. The van der Waals surface area contributed by atoms with Crippen LogP contribution in [0.15, 0.2) is 17.5 Å². The van der Waals surface area contributed by atoms with Crippen LogP contribution < -0.4 is 5.32 Å². The summed E-state index contributed by atoms with van der Waals surface area (Å²) in [5, 5.41) is 14.2. The van der Waals surface area contributed by atoms with Crippen molar-refractivity contribution in [1.82, 2.24) is 15.1 Å². The molecule has 23 heavy (non-hydrogen) atoms. The van der Waals surface area contributed by atoms with E-state index in [9.17, 15) is 14.7 Å². The number of aliphatic hydroxyl groups is 1. The molecule has 1 aliphatic rings. The van der Waals surface area contributed by atoms with Gasteiger partial charge in [-0.05, 0) is 18.4 Å². The highest BCUT2D eigenvalue weighted by atomic mass is 32.1. The smallest absolute Gasteiger partial charge is 0.225 e. The van der Waals surface area contributed by atoms with Gasteiger partial charge in [0.05, 0.1) is 18.6 Å². The van der Waals surface area contributed by atoms with Crippen molar-refractivity contribution in [3.8, 4) is 0 Å². The van der Waals surface area contributed by atoms with E-state index in [4.69, 9.17) is 0 Å². The van der Waals surface area contributed by atoms with E-state index in [1.54, 1.807) is 18.3 Å². The average Bonchev–Trinajstić information content (AvgIpc) is 3.00. The van der Waals surface area contributed by atoms with Gasteiger partial charge in [-0.1, -0.05) is 6.07 Å². The molecule has 2 heterocycles. The van der Waals surface area contributed by atoms with Crippen LogP contribution in [0.3, 0.4) is 0 Å². The first-order valence-corrected chi connectivity index (χ1v) is 8.82. The molecule has 1 aromatic heterocycles. The van der Waals surface area contributed by atoms with E-state index in [0.29, 0.717) is 19.6 Å². The maximum Gasteiger partial charge on any atom is 0.225 e. The van der Waals surface area contributed by atoms with Gasteiger partial charge in [0, 0.05) is 44.5 Å². The molecule has 0 aromatic carbocycles. The number of hydrogen-bond donors (Lipinski definition) is 2. The molecule has 1 fully saturated rings. The Morgan fingerprint density at radius 1 is 1.35 bits per heavy atom. The molecule has 128 valence electrons. The van der Waals surface area contributed by atoms with Gasteiger partial charge in [0.25, 0.3) is 0 Å². The maximum absolute atomic E-state index is 12.5. The minimum absolute atomic E-state index is 0.0637. The summed E-state index contributed by atoms with van der Waals surface area (Å²) < 4.78 is 0. The first kappa shape index (κ1) is 17.9. The molecule has 2 amide bonds. The molecule has 2 rings (SSSR count). The Morgan fingerprint density at radius 3 is 2.57 bits per heavy atom. The Bertz CT molecular complexity index is 511. The minimum atomic E-state index is -0.347. The molecule has 0 spiro atoms. The lowest BCUT2D eigenvalue weighted by molar-refractivity contribution is -0.133. The Balaban J connectivity index is 1.88. The third-order valence-corrected chi connectivity index (χ3v) is 4.88. The summed E-state index contributed by atoms with van der Waals surface area (Å²) in [6.07, 6.45) is -0.0588. The number of thiophene rings is 1. The van der Waals surface area contributed by atoms with Gasteiger partial charge in [0.2, 0.25) is 11.8 Å². The van der Waals surface area contributed by atoms with Crippen molar-refractivity contribution in [3.05, 3.63) is 22.4 Å². The van der Waals surface area contributed by atoms with Crippen LogP contribution in [-0.2, 0) is 9.59 Å². The first-order valence-electron chi connectivity index (χ1n) is 7.94. The van der Waals surface area contributed by atoms with Crippen LogP contribution in [0.4, 0.5) is 0 Å². The number of amides is 2. The fourth-order valence-electron chi connectivity index (χ4n) is 2.81. The number of β-amino-alcohol motifs (C(OH)–C–C–N with tert-alkyl or cyclic N) is 1. The molecule has 7 heteroatoms. The second-order valence-corrected chi connectivity index (χ2v) is 6.98. The Kier molecular flexibility index (Phi) is 6.56. The highest BCUT2D eigenvalue weighted by molar-refractivity contribution is 7.10. The summed E-state index contributed by atoms with van der Waals surface area (Å²) >= 11 is 1.55. The number of carbonyl (C=O) groups is 2. The second kappa shape index (κ2) is 8.42. The van der Waals surface area contributed by atoms with Gasteiger partial charge in [0.15, 0.2) is 0 Å². The van der Waals surface area contributed by atoms with E-state index >= 15 is 0 Å². The van der Waals surface area contributed by atoms with Crippen LogP contribution >= 0.6 is 11.3 Å². The standard InChI is InChI=1S/C16H25N3O3S/c1-12(20)11-18-5-7-19(8-6-18)16(22)10-14(17-13(2)21)15-4-3-9-23-15/h3-4,9,12,14,20H,5-8,10-11H2,1-2H3,(H,17,21)/t12-,14-/m0/s1. The molecule has 1 saturated heterocycles. The van der Waals surface area contributed by atoms with Gasteiger partial charge in [-0.25, -0.2) is 0 Å². The van der Waals surface area contributed by atoms with Crippen LogP contribution in [0.1, 0.15) is 31.2 Å². The minimum Gasteiger partial charge on any atom is -0.392 e. The molecule has 0 bridgehead atoms. The lowest BCUT2D eigenvalue weighted by atomic mass is 10.1. The Labute approximate surface area is 141 Å². The van der Waals surface area contributed by atoms with Crippen molar-refractivity contribution >= 4 is 23.2 Å². The zero-order valence-electron chi connectivity index (χ0n) is 13.7. The van der Waals surface area contributed by atoms with Crippen LogP contribution in [0, 0.1) is 0 Å². The first-order chi connectivity index (χ1) is 11.0. The number of nitrogens with one attached hydrogen (secondary N) is 1. The Morgan fingerprint density at radius 2 is 2.04 bits per heavy atom. The summed E-state index contributed by atoms with van der Waals surface area (Å²) in [6.45, 7) is 6.79. The van der Waals surface area contributed by atoms with Crippen LogP contribution in [0.25, 0.3) is 0 Å². The normalized spacial score (nSPS) is 18.5. The summed E-state index contributed by atoms with van der Waals surface area (Å²) in [4.78, 5) is 28.9. The van der Waals surface area contributed by atoms with Crippen molar-refractivity contribution in [1.29, 1.82) is 0 Å². The van der Waals surface area contributed by atoms with Crippen molar-refractivity contribution in [3.63, 3.8) is 0 Å². The van der Waals surface area contributed by atoms with Crippen molar-refractivity contribution in [2.24, 2.45) is 0 Å². The van der Waals surface area contributed by atoms with Crippen molar-refractivity contribution in [2.75, 3.05) is 32.7 Å². The fraction of sp³-hybridized carbons (Fsp3) is 0.625. The van der Waals surface area contributed by atoms with Crippen LogP contribution in [0.5, 0.6) is 0 Å². The number of hydrogen-bond acceptors (Lipinski definition) is 5. The van der Waals surface area contributed by atoms with Crippen LogP contribution in [0.2, 0.25) is 0 Å². The molecule has 2 N–H and O–H groups in total. The third-order valence-electron chi connectivity index (χ3n) is 3.89. The molecule has 2 atom stereocenters. The zero-order chi connectivity index (χ0) is 16.8. The second-order valence-electron chi connectivity index (χ2n) is 6.00. The van der Waals surface area contributed by atoms with Crippen molar-refractivity contribution in [2.45, 2.75) is 32.4 Å². The van der Waals surface area contributed by atoms with Crippen molar-refractivity contribution < 1.29 is 14.7 Å². The van der Waals surface area contributed by atoms with Gasteiger partial charge in [-0.15, -0.1) is 11.3 Å². The maximum atomic E-state index is 12.5. The van der Waals surface area contributed by atoms with Gasteiger partial charge in [0.1, 0.15) is 0 Å². The molecular weight excluding hydrogens is 314 g/mol. The summed E-state index contributed by atoms with van der Waals surface area (Å²) in [7, 11) is 0. The zero-order valence-corrected chi connectivity index (χ0v) is 14.5. The summed E-state index contributed by atoms with van der Waals surface area (Å²) in [5.41, 5.74) is 0. The summed E-state index contributed by atoms with van der Waals surface area (Å²) in [6, 6.07) is 3.61. The third kappa shape index (κ3) is 5.60. The van der Waals surface area contributed by atoms with E-state index in [-0.39, 0.29) is 30.4 Å². The summed E-state index contributed by atoms with van der Waals surface area (Å²) in [5.74, 6) is -0.0631. The highest BCUT2D eigenvalue weighted by Gasteiger charge is 2.25. The van der Waals surface area contributed by atoms with E-state index in [1.807, 2.05) is 22.4 Å². The fourth-order valence-corrected chi connectivity index (χ4v) is 3.59. The molecule has 0 saturated carbocycles. The SMILES string of the molecule is CC(=O)N[C@@H](CC(=O)N1CCN(C[C@H](C)O)CC1)c1cccs1. The lowest BCUT2D eigenvalue weighted by Crippen LogP contribution is -2.50. The number of aliphatic hydroxyl groups excluding tert-OH is 1. The Hall–Kier alpha value is -1.44. The van der Waals surface area contributed by atoms with E-state index in [1.165, 1.54) is 6.92 Å². The van der Waals surface area contributed by atoms with Gasteiger partial charge in [-0.2, -0.15) is 0 Å². The number of nitrogens with zero attached hydrogens (tertiary/aromatic N) is 2. The van der Waals surface area contributed by atoms with Crippen LogP contribution in [-0.4, -0.2) is 65.5 Å². The molecule has 6 nitrogen and oxygen atoms in total. The molecule has 0 aliphatic carbocycles. The highest BCUT2D eigenvalue weighted by Crippen LogP contribution is 2.23. The average molecular weight is 339 g/mol. The topological polar surface area (TPSA) is 72.9 Å². The number of rotatable bonds is 6. The predicted molar refractivity (Wildman–Crippen MR) is 90.2 cm³/mol. The lowest BCUT2D eigenvalue weighted by Gasteiger charge is -2.35. The molecular formula is C16H25N3O3S. The van der Waals surface area contributed by atoms with Gasteiger partial charge >= 0.3 is 0 Å². The van der Waals surface area contributed by atoms with E-state index in [2.05, 4.69) is 10.2 Å². The largest absolute Gasteiger partial charge is 0.392 e. The quantitative estimate of drug-likeness (QED) is 0.806. The molecule has 0 radical (unpaired) electrons. The monoisotopic (exact) mass is 339 g/mol. The van der Waals surface area contributed by atoms with E-state index < -0.39 is 0 Å². The number of carbonyl (C=O) groups excluding carboxylic acids is 2. The number of piperazine rings is 1. The molecule has 1 aromatic rings. The molecule has 0 unspecified atom stereocenters. The van der Waals surface area contributed by atoms with Gasteiger partial charge in [-0.3, -0.25) is 14.5 Å². The van der Waals surface area contributed by atoms with E-state index in [0.717, 1.165) is 18.0 Å². The molecule has 1 aliphatic heterocycles. The van der Waals surface area contributed by atoms with Gasteiger partial charge < -0.3 is 15.3 Å².